The van der Waals surface area contributed by atoms with Crippen molar-refractivity contribution in [1.82, 2.24) is 0 Å². The Morgan fingerprint density at radius 3 is 2.75 bits per heavy atom. The summed E-state index contributed by atoms with van der Waals surface area (Å²) in [5.74, 6) is -1.13. The highest BCUT2D eigenvalue weighted by atomic mass is 16.5. The molecule has 0 aromatic heterocycles. The number of hydrogen-bond donors (Lipinski definition) is 3. The molecule has 0 saturated carbocycles. The number of aliphatic hydroxyl groups excluding tert-OH is 1. The van der Waals surface area contributed by atoms with Crippen LogP contribution in [0.5, 0.6) is 5.75 Å². The fourth-order valence-corrected chi connectivity index (χ4v) is 1.26. The molecule has 0 aliphatic rings. The van der Waals surface area contributed by atoms with Crippen molar-refractivity contribution in [1.29, 1.82) is 0 Å². The van der Waals surface area contributed by atoms with Crippen LogP contribution in [0.25, 0.3) is 0 Å². The molecule has 0 aliphatic carbocycles. The molecule has 0 radical (unpaired) electrons. The summed E-state index contributed by atoms with van der Waals surface area (Å²) >= 11 is 0. The molecule has 1 unspecified atom stereocenters. The second kappa shape index (κ2) is 6.09. The maximum Gasteiger partial charge on any atom is 0.337 e. The molecule has 0 bridgehead atoms. The van der Waals surface area contributed by atoms with Gasteiger partial charge in [-0.1, -0.05) is 12.1 Å². The Morgan fingerprint density at radius 2 is 2.19 bits per heavy atom. The lowest BCUT2D eigenvalue weighted by Crippen LogP contribution is -2.16. The summed E-state index contributed by atoms with van der Waals surface area (Å²) in [5.41, 5.74) is 0.380. The SMILES string of the molecule is O=C(O)C(OCCCO)c1cccc(O)c1. The number of aliphatic hydroxyl groups is 1. The molecule has 1 atom stereocenters. The second-order valence-corrected chi connectivity index (χ2v) is 3.26. The van der Waals surface area contributed by atoms with Crippen molar-refractivity contribution in [2.75, 3.05) is 13.2 Å². The van der Waals surface area contributed by atoms with E-state index in [1.54, 1.807) is 12.1 Å². The number of ether oxygens (including phenoxy) is 1. The highest BCUT2D eigenvalue weighted by Gasteiger charge is 2.20. The summed E-state index contributed by atoms with van der Waals surface area (Å²) in [4.78, 5) is 10.9. The Bertz CT molecular complexity index is 350. The van der Waals surface area contributed by atoms with Gasteiger partial charge in [0.1, 0.15) is 5.75 Å². The summed E-state index contributed by atoms with van der Waals surface area (Å²) in [6.45, 7) is 0.107. The van der Waals surface area contributed by atoms with Crippen LogP contribution in [-0.2, 0) is 9.53 Å². The third-order valence-electron chi connectivity index (χ3n) is 1.98. The zero-order chi connectivity index (χ0) is 12.0. The lowest BCUT2D eigenvalue weighted by molar-refractivity contribution is -0.151. The molecule has 5 nitrogen and oxygen atoms in total. The predicted molar refractivity (Wildman–Crippen MR) is 56.1 cm³/mol. The number of phenolic OH excluding ortho intramolecular Hbond substituents is 1. The van der Waals surface area contributed by atoms with E-state index in [9.17, 15) is 9.90 Å². The van der Waals surface area contributed by atoms with Crippen LogP contribution in [0.4, 0.5) is 0 Å². The molecule has 0 heterocycles. The first-order chi connectivity index (χ1) is 7.65. The van der Waals surface area contributed by atoms with Gasteiger partial charge in [-0.3, -0.25) is 0 Å². The minimum Gasteiger partial charge on any atom is -0.508 e. The van der Waals surface area contributed by atoms with E-state index in [2.05, 4.69) is 0 Å². The van der Waals surface area contributed by atoms with Crippen molar-refractivity contribution in [2.45, 2.75) is 12.5 Å². The van der Waals surface area contributed by atoms with E-state index < -0.39 is 12.1 Å². The molecule has 0 amide bonds. The van der Waals surface area contributed by atoms with Crippen molar-refractivity contribution in [3.05, 3.63) is 29.8 Å². The molecule has 0 fully saturated rings. The Hall–Kier alpha value is -1.59. The summed E-state index contributed by atoms with van der Waals surface area (Å²) in [6.07, 6.45) is -0.735. The highest BCUT2D eigenvalue weighted by Crippen LogP contribution is 2.21. The van der Waals surface area contributed by atoms with Crippen LogP contribution in [0, 0.1) is 0 Å². The molecule has 16 heavy (non-hydrogen) atoms. The second-order valence-electron chi connectivity index (χ2n) is 3.26. The van der Waals surface area contributed by atoms with E-state index in [0.29, 0.717) is 12.0 Å². The molecular weight excluding hydrogens is 212 g/mol. The van der Waals surface area contributed by atoms with Gasteiger partial charge in [-0.25, -0.2) is 4.79 Å². The van der Waals surface area contributed by atoms with Crippen molar-refractivity contribution in [3.63, 3.8) is 0 Å². The lowest BCUT2D eigenvalue weighted by Gasteiger charge is -2.13. The monoisotopic (exact) mass is 226 g/mol. The van der Waals surface area contributed by atoms with Crippen LogP contribution >= 0.6 is 0 Å². The summed E-state index contributed by atoms with van der Waals surface area (Å²) in [7, 11) is 0. The topological polar surface area (TPSA) is 87.0 Å². The smallest absolute Gasteiger partial charge is 0.337 e. The molecular formula is C11H14O5. The first-order valence-corrected chi connectivity index (χ1v) is 4.89. The van der Waals surface area contributed by atoms with E-state index in [-0.39, 0.29) is 19.0 Å². The molecule has 0 spiro atoms. The summed E-state index contributed by atoms with van der Waals surface area (Å²) < 4.78 is 5.11. The number of aliphatic carboxylic acids is 1. The van der Waals surface area contributed by atoms with Gasteiger partial charge >= 0.3 is 5.97 Å². The van der Waals surface area contributed by atoms with Crippen LogP contribution in [0.1, 0.15) is 18.1 Å². The zero-order valence-electron chi connectivity index (χ0n) is 8.67. The molecule has 5 heteroatoms. The van der Waals surface area contributed by atoms with Gasteiger partial charge < -0.3 is 20.1 Å². The fraction of sp³-hybridized carbons (Fsp3) is 0.364. The summed E-state index contributed by atoms with van der Waals surface area (Å²) in [6, 6.07) is 5.92. The molecule has 0 aliphatic heterocycles. The number of carbonyl (C=O) groups is 1. The van der Waals surface area contributed by atoms with Crippen molar-refractivity contribution < 1.29 is 24.9 Å². The number of phenols is 1. The van der Waals surface area contributed by atoms with Gasteiger partial charge in [0.2, 0.25) is 0 Å². The molecule has 3 N–H and O–H groups in total. The number of carboxylic acids is 1. The van der Waals surface area contributed by atoms with Gasteiger partial charge in [0.05, 0.1) is 6.61 Å². The Labute approximate surface area is 92.9 Å². The first-order valence-electron chi connectivity index (χ1n) is 4.89. The van der Waals surface area contributed by atoms with Gasteiger partial charge in [-0.2, -0.15) is 0 Å². The fourth-order valence-electron chi connectivity index (χ4n) is 1.26. The lowest BCUT2D eigenvalue weighted by atomic mass is 10.1. The first kappa shape index (κ1) is 12.5. The normalized spacial score (nSPS) is 12.3. The molecule has 0 saturated heterocycles. The number of rotatable bonds is 6. The van der Waals surface area contributed by atoms with Gasteiger partial charge in [-0.05, 0) is 24.1 Å². The van der Waals surface area contributed by atoms with E-state index in [0.717, 1.165) is 0 Å². The van der Waals surface area contributed by atoms with E-state index in [1.807, 2.05) is 0 Å². The van der Waals surface area contributed by atoms with Gasteiger partial charge in [-0.15, -0.1) is 0 Å². The molecule has 1 aromatic carbocycles. The van der Waals surface area contributed by atoms with E-state index in [4.69, 9.17) is 14.9 Å². The quantitative estimate of drug-likeness (QED) is 0.628. The van der Waals surface area contributed by atoms with Gasteiger partial charge in [0.15, 0.2) is 6.10 Å². The Balaban J connectivity index is 2.73. The van der Waals surface area contributed by atoms with Crippen molar-refractivity contribution >= 4 is 5.97 Å². The van der Waals surface area contributed by atoms with Crippen LogP contribution in [0.15, 0.2) is 24.3 Å². The number of hydrogen-bond acceptors (Lipinski definition) is 4. The largest absolute Gasteiger partial charge is 0.508 e. The van der Waals surface area contributed by atoms with E-state index in [1.165, 1.54) is 12.1 Å². The highest BCUT2D eigenvalue weighted by molar-refractivity contribution is 5.74. The standard InChI is InChI=1S/C11H14O5/c12-5-2-6-16-10(11(14)15)8-3-1-4-9(13)7-8/h1,3-4,7,10,12-13H,2,5-6H2,(H,14,15). The maximum atomic E-state index is 10.9. The van der Waals surface area contributed by atoms with Crippen LogP contribution in [0.3, 0.4) is 0 Å². The summed E-state index contributed by atoms with van der Waals surface area (Å²) in [5, 5.41) is 26.7. The van der Waals surface area contributed by atoms with Crippen LogP contribution in [0.2, 0.25) is 0 Å². The van der Waals surface area contributed by atoms with E-state index >= 15 is 0 Å². The zero-order valence-corrected chi connectivity index (χ0v) is 8.67. The van der Waals surface area contributed by atoms with Crippen LogP contribution < -0.4 is 0 Å². The average molecular weight is 226 g/mol. The Kier molecular flexibility index (Phi) is 4.75. The number of carboxylic acid groups (broad SMARTS) is 1. The Morgan fingerprint density at radius 1 is 1.44 bits per heavy atom. The third kappa shape index (κ3) is 3.52. The third-order valence-corrected chi connectivity index (χ3v) is 1.98. The van der Waals surface area contributed by atoms with Crippen molar-refractivity contribution in [2.24, 2.45) is 0 Å². The maximum absolute atomic E-state index is 10.9. The minimum atomic E-state index is -1.12. The minimum absolute atomic E-state index is 0.00509. The molecule has 1 rings (SSSR count). The number of benzene rings is 1. The van der Waals surface area contributed by atoms with Gasteiger partial charge in [0, 0.05) is 6.61 Å². The van der Waals surface area contributed by atoms with Gasteiger partial charge in [0.25, 0.3) is 0 Å². The van der Waals surface area contributed by atoms with Crippen LogP contribution in [-0.4, -0.2) is 34.5 Å². The molecule has 1 aromatic rings. The average Bonchev–Trinajstić information content (AvgIpc) is 2.24. The van der Waals surface area contributed by atoms with Crippen molar-refractivity contribution in [3.8, 4) is 5.75 Å². The predicted octanol–water partition coefficient (Wildman–Crippen LogP) is 0.917. The number of aromatic hydroxyl groups is 1. The molecule has 88 valence electrons.